The third-order valence-corrected chi connectivity index (χ3v) is 6.58. The molecule has 1 spiro atoms. The summed E-state index contributed by atoms with van der Waals surface area (Å²) in [5.41, 5.74) is 4.28. The lowest BCUT2D eigenvalue weighted by Gasteiger charge is -2.39. The molecule has 0 atom stereocenters. The molecular weight excluding hydrogens is 392 g/mol. The van der Waals surface area contributed by atoms with Crippen molar-refractivity contribution in [1.29, 1.82) is 0 Å². The Morgan fingerprint density at radius 1 is 1.03 bits per heavy atom. The maximum Gasteiger partial charge on any atom is 0.337 e. The number of nitrogens with one attached hydrogen (secondary N) is 2. The number of esters is 1. The van der Waals surface area contributed by atoms with Gasteiger partial charge in [-0.15, -0.1) is 0 Å². The maximum atomic E-state index is 12.7. The van der Waals surface area contributed by atoms with Crippen LogP contribution in [0.5, 0.6) is 5.75 Å². The highest BCUT2D eigenvalue weighted by molar-refractivity contribution is 6.00. The fraction of sp³-hybridized carbons (Fsp3) is 0.440. The molecule has 2 aromatic rings. The van der Waals surface area contributed by atoms with E-state index in [1.165, 1.54) is 31.1 Å². The number of fused-ring (bicyclic) bond motifs is 1. The Hall–Kier alpha value is -3.02. The summed E-state index contributed by atoms with van der Waals surface area (Å²) >= 11 is 0. The van der Waals surface area contributed by atoms with E-state index in [1.807, 2.05) is 0 Å². The largest absolute Gasteiger partial charge is 0.487 e. The van der Waals surface area contributed by atoms with Crippen LogP contribution in [0.25, 0.3) is 0 Å². The Morgan fingerprint density at radius 3 is 2.32 bits per heavy atom. The molecule has 2 aromatic carbocycles. The summed E-state index contributed by atoms with van der Waals surface area (Å²) in [6, 6.07) is 10.4. The summed E-state index contributed by atoms with van der Waals surface area (Å²) in [5.74, 6) is 1.17. The van der Waals surface area contributed by atoms with Crippen molar-refractivity contribution in [2.24, 2.45) is 0 Å². The van der Waals surface area contributed by atoms with Gasteiger partial charge in [-0.1, -0.05) is 13.8 Å². The van der Waals surface area contributed by atoms with Crippen molar-refractivity contribution in [3.05, 3.63) is 53.1 Å². The van der Waals surface area contributed by atoms with E-state index in [4.69, 9.17) is 9.47 Å². The quantitative estimate of drug-likeness (QED) is 0.633. The highest BCUT2D eigenvalue weighted by Crippen LogP contribution is 2.58. The van der Waals surface area contributed by atoms with Gasteiger partial charge >= 0.3 is 12.0 Å². The smallest absolute Gasteiger partial charge is 0.337 e. The molecule has 3 aliphatic rings. The fourth-order valence-corrected chi connectivity index (χ4v) is 4.71. The van der Waals surface area contributed by atoms with Crippen molar-refractivity contribution < 1.29 is 19.1 Å². The van der Waals surface area contributed by atoms with Gasteiger partial charge in [-0.05, 0) is 85.4 Å². The van der Waals surface area contributed by atoms with Crippen molar-refractivity contribution >= 4 is 23.4 Å². The number of carbonyl (C=O) groups is 2. The van der Waals surface area contributed by atoms with E-state index in [0.29, 0.717) is 17.2 Å². The summed E-state index contributed by atoms with van der Waals surface area (Å²) < 4.78 is 11.2. The van der Waals surface area contributed by atoms with E-state index in [1.54, 1.807) is 24.3 Å². The molecule has 0 aromatic heterocycles. The standard InChI is InChI=1S/C25H28N2O4/c1-24(2)14-25(10-11-25)31-21-19(15-4-5-15)12-18(13-20(21)24)27-23(29)26-17-8-6-16(7-9-17)22(28)30-3/h6-9,12-13,15H,4-5,10-11,14H2,1-3H3,(H2,26,27,29). The topological polar surface area (TPSA) is 76.7 Å². The molecule has 0 saturated heterocycles. The lowest BCUT2D eigenvalue weighted by molar-refractivity contribution is 0.0600. The van der Waals surface area contributed by atoms with E-state index in [0.717, 1.165) is 30.7 Å². The van der Waals surface area contributed by atoms with Crippen molar-refractivity contribution in [1.82, 2.24) is 0 Å². The molecule has 2 amide bonds. The molecule has 1 aliphatic heterocycles. The number of hydrogen-bond donors (Lipinski definition) is 2. The Kier molecular flexibility index (Phi) is 4.50. The van der Waals surface area contributed by atoms with Crippen molar-refractivity contribution in [3.8, 4) is 5.75 Å². The van der Waals surface area contributed by atoms with Crippen LogP contribution >= 0.6 is 0 Å². The van der Waals surface area contributed by atoms with Crippen molar-refractivity contribution in [2.75, 3.05) is 17.7 Å². The predicted molar refractivity (Wildman–Crippen MR) is 119 cm³/mol. The van der Waals surface area contributed by atoms with Crippen molar-refractivity contribution in [3.63, 3.8) is 0 Å². The van der Waals surface area contributed by atoms with Crippen LogP contribution in [0, 0.1) is 0 Å². The first-order valence-corrected chi connectivity index (χ1v) is 10.9. The number of ether oxygens (including phenoxy) is 2. The van der Waals surface area contributed by atoms with E-state index < -0.39 is 5.97 Å². The molecule has 0 radical (unpaired) electrons. The SMILES string of the molecule is COC(=O)c1ccc(NC(=O)Nc2cc(C3CC3)c3c(c2)C(C)(C)CC2(CC2)O3)cc1. The minimum Gasteiger partial charge on any atom is -0.487 e. The zero-order valence-corrected chi connectivity index (χ0v) is 18.2. The highest BCUT2D eigenvalue weighted by Gasteiger charge is 2.54. The van der Waals surface area contributed by atoms with E-state index >= 15 is 0 Å². The fourth-order valence-electron chi connectivity index (χ4n) is 4.71. The lowest BCUT2D eigenvalue weighted by atomic mass is 9.75. The number of anilines is 2. The molecule has 2 N–H and O–H groups in total. The van der Waals surface area contributed by atoms with Crippen LogP contribution in [0.2, 0.25) is 0 Å². The molecule has 162 valence electrons. The summed E-state index contributed by atoms with van der Waals surface area (Å²) in [5, 5.41) is 5.82. The second kappa shape index (κ2) is 7.01. The number of hydrogen-bond acceptors (Lipinski definition) is 4. The molecule has 2 aliphatic carbocycles. The third kappa shape index (κ3) is 3.87. The molecule has 6 heteroatoms. The number of methoxy groups -OCH3 is 1. The Morgan fingerprint density at radius 2 is 1.71 bits per heavy atom. The van der Waals surface area contributed by atoms with Crippen LogP contribution in [0.1, 0.15) is 73.4 Å². The van der Waals surface area contributed by atoms with Crippen LogP contribution in [-0.4, -0.2) is 24.7 Å². The Labute approximate surface area is 182 Å². The highest BCUT2D eigenvalue weighted by atomic mass is 16.5. The monoisotopic (exact) mass is 420 g/mol. The maximum absolute atomic E-state index is 12.7. The van der Waals surface area contributed by atoms with E-state index in [2.05, 4.69) is 36.6 Å². The van der Waals surface area contributed by atoms with Gasteiger partial charge in [-0.2, -0.15) is 0 Å². The van der Waals surface area contributed by atoms with Crippen LogP contribution in [-0.2, 0) is 10.2 Å². The zero-order valence-electron chi connectivity index (χ0n) is 18.2. The summed E-state index contributed by atoms with van der Waals surface area (Å²) in [6.45, 7) is 4.55. The van der Waals surface area contributed by atoms with E-state index in [9.17, 15) is 9.59 Å². The second-order valence-electron chi connectivity index (χ2n) is 9.71. The zero-order chi connectivity index (χ0) is 21.8. The first-order valence-electron chi connectivity index (χ1n) is 10.9. The van der Waals surface area contributed by atoms with Gasteiger partial charge < -0.3 is 20.1 Å². The lowest BCUT2D eigenvalue weighted by Crippen LogP contribution is -2.36. The number of urea groups is 1. The second-order valence-corrected chi connectivity index (χ2v) is 9.71. The minimum absolute atomic E-state index is 0.00556. The van der Waals surface area contributed by atoms with E-state index in [-0.39, 0.29) is 17.0 Å². The molecule has 31 heavy (non-hydrogen) atoms. The van der Waals surface area contributed by atoms with Crippen LogP contribution in [0.15, 0.2) is 36.4 Å². The van der Waals surface area contributed by atoms with Crippen LogP contribution in [0.3, 0.4) is 0 Å². The van der Waals surface area contributed by atoms with Crippen molar-refractivity contribution in [2.45, 2.75) is 62.9 Å². The normalized spacial score (nSPS) is 19.7. The third-order valence-electron chi connectivity index (χ3n) is 6.58. The molecule has 2 fully saturated rings. The van der Waals surface area contributed by atoms with Gasteiger partial charge in [-0.25, -0.2) is 9.59 Å². The molecule has 0 bridgehead atoms. The van der Waals surface area contributed by atoms with Gasteiger partial charge in [-0.3, -0.25) is 0 Å². The van der Waals surface area contributed by atoms with Gasteiger partial charge in [0, 0.05) is 16.9 Å². The molecule has 0 unspecified atom stereocenters. The first kappa shape index (κ1) is 19.9. The number of benzene rings is 2. The average molecular weight is 421 g/mol. The number of carbonyl (C=O) groups excluding carboxylic acids is 2. The molecule has 5 rings (SSSR count). The molecule has 2 saturated carbocycles. The minimum atomic E-state index is -0.407. The molecule has 6 nitrogen and oxygen atoms in total. The van der Waals surface area contributed by atoms with Gasteiger partial charge in [0.15, 0.2) is 0 Å². The van der Waals surface area contributed by atoms with Crippen LogP contribution in [0.4, 0.5) is 16.2 Å². The Bertz CT molecular complexity index is 1050. The molecular formula is C25H28N2O4. The average Bonchev–Trinajstić information content (AvgIpc) is 3.65. The summed E-state index contributed by atoms with van der Waals surface area (Å²) in [7, 11) is 1.34. The summed E-state index contributed by atoms with van der Waals surface area (Å²) in [4.78, 5) is 24.2. The van der Waals surface area contributed by atoms with Gasteiger partial charge in [0.05, 0.1) is 12.7 Å². The summed E-state index contributed by atoms with van der Waals surface area (Å²) in [6.07, 6.45) is 5.63. The van der Waals surface area contributed by atoms with Gasteiger partial charge in [0.2, 0.25) is 0 Å². The molecule has 1 heterocycles. The first-order chi connectivity index (χ1) is 14.8. The number of rotatable bonds is 4. The Balaban J connectivity index is 1.37. The van der Waals surface area contributed by atoms with Gasteiger partial charge in [0.25, 0.3) is 0 Å². The predicted octanol–water partition coefficient (Wildman–Crippen LogP) is 5.59. The van der Waals surface area contributed by atoms with Crippen LogP contribution < -0.4 is 15.4 Å². The number of amides is 2. The van der Waals surface area contributed by atoms with Gasteiger partial charge in [0.1, 0.15) is 11.4 Å².